The smallest absolute Gasteiger partial charge is 0.407 e. The van der Waals surface area contributed by atoms with Gasteiger partial charge in [0, 0.05) is 13.2 Å². The average molecular weight is 349 g/mol. The molecule has 0 aromatic carbocycles. The first kappa shape index (κ1) is 17.7. The number of fused-ring (bicyclic) bond motifs is 2. The summed E-state index contributed by atoms with van der Waals surface area (Å²) in [7, 11) is -2.21. The van der Waals surface area contributed by atoms with Gasteiger partial charge in [-0.1, -0.05) is 6.58 Å². The van der Waals surface area contributed by atoms with Crippen LogP contribution in [-0.2, 0) is 33.3 Å². The van der Waals surface area contributed by atoms with Crippen LogP contribution < -0.4 is 5.32 Å². The molecule has 0 aromatic heterocycles. The summed E-state index contributed by atoms with van der Waals surface area (Å²) < 4.78 is 43.6. The molecule has 2 bridgehead atoms. The second-order valence-electron chi connectivity index (χ2n) is 5.16. The predicted molar refractivity (Wildman–Crippen MR) is 77.0 cm³/mol. The Kier molecular flexibility index (Phi) is 5.60. The summed E-state index contributed by atoms with van der Waals surface area (Å²) in [6.45, 7) is 3.26. The quantitative estimate of drug-likeness (QED) is 0.301. The maximum Gasteiger partial charge on any atom is 0.407 e. The Hall–Kier alpha value is -1.65. The van der Waals surface area contributed by atoms with E-state index in [1.807, 2.05) is 0 Å². The minimum Gasteiger partial charge on any atom is -0.461 e. The highest BCUT2D eigenvalue weighted by Gasteiger charge is 2.53. The molecule has 2 rings (SSSR count). The molecule has 1 aliphatic carbocycles. The van der Waals surface area contributed by atoms with Crippen molar-refractivity contribution >= 4 is 22.2 Å². The third-order valence-electron chi connectivity index (χ3n) is 3.72. The normalized spacial score (nSPS) is 31.2. The number of nitrogens with one attached hydrogen (secondary N) is 1. The fraction of sp³-hybridized carbons (Fsp3) is 0.692. The summed E-state index contributed by atoms with van der Waals surface area (Å²) in [6.07, 6.45) is -1.38. The summed E-state index contributed by atoms with van der Waals surface area (Å²) in [5, 5.41) is 1.77. The molecule has 130 valence electrons. The summed E-state index contributed by atoms with van der Waals surface area (Å²) in [5.41, 5.74) is 0. The lowest BCUT2D eigenvalue weighted by Crippen LogP contribution is -2.48. The van der Waals surface area contributed by atoms with E-state index in [0.717, 1.165) is 6.08 Å². The summed E-state index contributed by atoms with van der Waals surface area (Å²) in [6, 6.07) is 0. The van der Waals surface area contributed by atoms with E-state index in [4.69, 9.17) is 18.4 Å². The lowest BCUT2D eigenvalue weighted by atomic mass is 9.91. The highest BCUT2D eigenvalue weighted by Crippen LogP contribution is 2.38. The van der Waals surface area contributed by atoms with Crippen molar-refractivity contribution in [1.29, 1.82) is 0 Å². The molecular weight excluding hydrogens is 330 g/mol. The van der Waals surface area contributed by atoms with E-state index >= 15 is 0 Å². The fourth-order valence-electron chi connectivity index (χ4n) is 2.61. The molecule has 23 heavy (non-hydrogen) atoms. The number of carbonyl (C=O) groups is 2. The van der Waals surface area contributed by atoms with Gasteiger partial charge in [0.15, 0.2) is 6.10 Å². The molecule has 2 fully saturated rings. The number of alkyl carbamates (subject to hydrolysis) is 1. The second kappa shape index (κ2) is 7.28. The summed E-state index contributed by atoms with van der Waals surface area (Å²) in [4.78, 5) is 22.6. The Morgan fingerprint density at radius 1 is 1.39 bits per heavy atom. The molecule has 4 atom stereocenters. The number of rotatable bonds is 6. The molecule has 1 N–H and O–H groups in total. The zero-order chi connectivity index (χ0) is 17.0. The molecule has 0 aromatic rings. The highest BCUT2D eigenvalue weighted by atomic mass is 32.2. The van der Waals surface area contributed by atoms with E-state index < -0.39 is 45.7 Å². The molecule has 2 aliphatic rings. The number of amides is 1. The Balaban J connectivity index is 1.84. The molecule has 1 amide bonds. The van der Waals surface area contributed by atoms with Crippen LogP contribution in [0.3, 0.4) is 0 Å². The van der Waals surface area contributed by atoms with Crippen LogP contribution in [0.15, 0.2) is 12.7 Å². The van der Waals surface area contributed by atoms with Gasteiger partial charge in [-0.3, -0.25) is 4.18 Å². The molecular formula is C13H19NO8S. The molecule has 10 heteroatoms. The largest absolute Gasteiger partial charge is 0.461 e. The van der Waals surface area contributed by atoms with Crippen molar-refractivity contribution in [1.82, 2.24) is 5.32 Å². The van der Waals surface area contributed by atoms with E-state index in [2.05, 4.69) is 11.9 Å². The average Bonchev–Trinajstić information content (AvgIpc) is 2.76. The van der Waals surface area contributed by atoms with Gasteiger partial charge in [0.05, 0.1) is 17.9 Å². The molecule has 1 saturated heterocycles. The van der Waals surface area contributed by atoms with E-state index in [0.29, 0.717) is 0 Å². The first-order chi connectivity index (χ1) is 10.9. The first-order valence-corrected chi connectivity index (χ1v) is 8.53. The van der Waals surface area contributed by atoms with E-state index in [1.165, 1.54) is 7.11 Å². The molecule has 1 aliphatic heterocycles. The van der Waals surface area contributed by atoms with Gasteiger partial charge in [-0.05, 0) is 12.8 Å². The topological polar surface area (TPSA) is 117 Å². The van der Waals surface area contributed by atoms with Crippen LogP contribution >= 0.6 is 0 Å². The SMILES string of the molecule is C=CC(=O)OCCNC(=O)OC1C(OC)CC2CC1OS2(=O)=O. The van der Waals surface area contributed by atoms with Crippen molar-refractivity contribution in [3.8, 4) is 0 Å². The van der Waals surface area contributed by atoms with E-state index in [9.17, 15) is 18.0 Å². The number of hydrogen-bond donors (Lipinski definition) is 1. The highest BCUT2D eigenvalue weighted by molar-refractivity contribution is 7.87. The maximum atomic E-state index is 11.8. The number of esters is 1. The standard InChI is InChI=1S/C13H19NO8S/c1-3-11(15)20-5-4-14-13(16)21-12-9(19-2)6-8-7-10(12)22-23(8,17)18/h3,8-10,12H,1,4-7H2,2H3,(H,14,16). The third kappa shape index (κ3) is 4.21. The van der Waals surface area contributed by atoms with Gasteiger partial charge in [0.2, 0.25) is 0 Å². The third-order valence-corrected chi connectivity index (χ3v) is 5.43. The summed E-state index contributed by atoms with van der Waals surface area (Å²) >= 11 is 0. The first-order valence-electron chi connectivity index (χ1n) is 7.06. The van der Waals surface area contributed by atoms with Crippen LogP contribution in [0, 0.1) is 0 Å². The zero-order valence-corrected chi connectivity index (χ0v) is 13.4. The van der Waals surface area contributed by atoms with Crippen LogP contribution in [0.2, 0.25) is 0 Å². The van der Waals surface area contributed by atoms with E-state index in [-0.39, 0.29) is 26.0 Å². The zero-order valence-electron chi connectivity index (χ0n) is 12.6. The minimum absolute atomic E-state index is 0.0330. The van der Waals surface area contributed by atoms with Crippen LogP contribution in [0.4, 0.5) is 4.79 Å². The van der Waals surface area contributed by atoms with Gasteiger partial charge in [-0.15, -0.1) is 0 Å². The van der Waals surface area contributed by atoms with Gasteiger partial charge in [0.1, 0.15) is 12.7 Å². The Morgan fingerprint density at radius 3 is 2.78 bits per heavy atom. The van der Waals surface area contributed by atoms with Crippen LogP contribution in [0.1, 0.15) is 12.8 Å². The van der Waals surface area contributed by atoms with Crippen LogP contribution in [0.25, 0.3) is 0 Å². The Morgan fingerprint density at radius 2 is 2.13 bits per heavy atom. The monoisotopic (exact) mass is 349 g/mol. The second-order valence-corrected chi connectivity index (χ2v) is 7.01. The van der Waals surface area contributed by atoms with Gasteiger partial charge in [-0.25, -0.2) is 9.59 Å². The molecule has 1 saturated carbocycles. The van der Waals surface area contributed by atoms with Gasteiger partial charge in [-0.2, -0.15) is 8.42 Å². The molecule has 4 unspecified atom stereocenters. The number of hydrogen-bond acceptors (Lipinski definition) is 8. The van der Waals surface area contributed by atoms with Gasteiger partial charge in [0.25, 0.3) is 10.1 Å². The molecule has 9 nitrogen and oxygen atoms in total. The van der Waals surface area contributed by atoms with Crippen LogP contribution in [-0.4, -0.2) is 64.3 Å². The van der Waals surface area contributed by atoms with Crippen molar-refractivity contribution < 1.29 is 36.4 Å². The fourth-order valence-corrected chi connectivity index (χ4v) is 4.15. The lowest BCUT2D eigenvalue weighted by molar-refractivity contribution is -0.137. The lowest BCUT2D eigenvalue weighted by Gasteiger charge is -2.32. The molecule has 0 spiro atoms. The summed E-state index contributed by atoms with van der Waals surface area (Å²) in [5.74, 6) is -0.595. The predicted octanol–water partition coefficient (Wildman–Crippen LogP) is -0.284. The number of carbonyl (C=O) groups excluding carboxylic acids is 2. The van der Waals surface area contributed by atoms with Crippen molar-refractivity contribution in [3.63, 3.8) is 0 Å². The number of ether oxygens (including phenoxy) is 3. The van der Waals surface area contributed by atoms with Crippen molar-refractivity contribution in [2.24, 2.45) is 0 Å². The number of methoxy groups -OCH3 is 1. The maximum absolute atomic E-state index is 11.8. The van der Waals surface area contributed by atoms with Crippen LogP contribution in [0.5, 0.6) is 0 Å². The van der Waals surface area contributed by atoms with Crippen molar-refractivity contribution in [2.75, 3.05) is 20.3 Å². The van der Waals surface area contributed by atoms with E-state index in [1.54, 1.807) is 0 Å². The van der Waals surface area contributed by atoms with Crippen molar-refractivity contribution in [3.05, 3.63) is 12.7 Å². The van der Waals surface area contributed by atoms with Gasteiger partial charge < -0.3 is 19.5 Å². The molecule has 0 radical (unpaired) electrons. The van der Waals surface area contributed by atoms with Crippen molar-refractivity contribution in [2.45, 2.75) is 36.4 Å². The Labute approximate surface area is 134 Å². The Bertz CT molecular complexity index is 575. The minimum atomic E-state index is -3.63. The molecule has 1 heterocycles. The van der Waals surface area contributed by atoms with Gasteiger partial charge >= 0.3 is 12.1 Å².